The lowest BCUT2D eigenvalue weighted by molar-refractivity contribution is 0.394. The largest absolute Gasteiger partial charge is 0.509 e. The summed E-state index contributed by atoms with van der Waals surface area (Å²) in [5, 5.41) is 0. The van der Waals surface area contributed by atoms with Crippen molar-refractivity contribution in [1.82, 2.24) is 0 Å². The molecule has 0 saturated heterocycles. The molecule has 60 valence electrons. The van der Waals surface area contributed by atoms with Crippen molar-refractivity contribution in [3.8, 4) is 11.5 Å². The molecule has 0 aliphatic carbocycles. The first-order valence-electron chi connectivity index (χ1n) is 3.31. The molecule has 2 nitrogen and oxygen atoms in total. The van der Waals surface area contributed by atoms with Crippen LogP contribution >= 0.6 is 0 Å². The zero-order valence-electron chi connectivity index (χ0n) is 6.76. The SMILES string of the molecule is [CH2-]c1cc(OC)cc(OC)c1. The second-order valence-corrected chi connectivity index (χ2v) is 2.22. The Morgan fingerprint density at radius 2 is 1.45 bits per heavy atom. The monoisotopic (exact) mass is 151 g/mol. The quantitative estimate of drug-likeness (QED) is 0.601. The summed E-state index contributed by atoms with van der Waals surface area (Å²) >= 11 is 0. The topological polar surface area (TPSA) is 18.5 Å². The smallest absolute Gasteiger partial charge is 0.0759 e. The summed E-state index contributed by atoms with van der Waals surface area (Å²) in [5.41, 5.74) is 0.890. The highest BCUT2D eigenvalue weighted by Gasteiger charge is 1.89. The maximum Gasteiger partial charge on any atom is 0.0759 e. The molecule has 0 amide bonds. The van der Waals surface area contributed by atoms with Gasteiger partial charge in [-0.15, -0.1) is 12.1 Å². The van der Waals surface area contributed by atoms with Crippen LogP contribution in [0.4, 0.5) is 0 Å². The van der Waals surface area contributed by atoms with E-state index in [0.717, 1.165) is 17.1 Å². The van der Waals surface area contributed by atoms with Gasteiger partial charge in [-0.25, -0.2) is 0 Å². The van der Waals surface area contributed by atoms with Crippen LogP contribution in [-0.4, -0.2) is 14.2 Å². The molecule has 0 fully saturated rings. The normalized spacial score (nSPS) is 9.27. The summed E-state index contributed by atoms with van der Waals surface area (Å²) < 4.78 is 10.0. The highest BCUT2D eigenvalue weighted by atomic mass is 16.5. The summed E-state index contributed by atoms with van der Waals surface area (Å²) in [7, 11) is 3.24. The van der Waals surface area contributed by atoms with E-state index in [-0.39, 0.29) is 0 Å². The van der Waals surface area contributed by atoms with E-state index in [1.165, 1.54) is 0 Å². The molecule has 0 saturated carbocycles. The second-order valence-electron chi connectivity index (χ2n) is 2.22. The lowest BCUT2D eigenvalue weighted by Gasteiger charge is -2.10. The summed E-state index contributed by atoms with van der Waals surface area (Å²) in [6, 6.07) is 5.51. The fraction of sp³-hybridized carbons (Fsp3) is 0.222. The van der Waals surface area contributed by atoms with Crippen molar-refractivity contribution in [1.29, 1.82) is 0 Å². The zero-order valence-corrected chi connectivity index (χ0v) is 6.76. The number of hydrogen-bond acceptors (Lipinski definition) is 2. The van der Waals surface area contributed by atoms with Crippen LogP contribution in [0.25, 0.3) is 0 Å². The van der Waals surface area contributed by atoms with E-state index in [0.29, 0.717) is 0 Å². The van der Waals surface area contributed by atoms with Crippen molar-refractivity contribution < 1.29 is 9.47 Å². The van der Waals surface area contributed by atoms with E-state index >= 15 is 0 Å². The van der Waals surface area contributed by atoms with E-state index in [4.69, 9.17) is 9.47 Å². The average molecular weight is 151 g/mol. The number of hydrogen-bond donors (Lipinski definition) is 0. The summed E-state index contributed by atoms with van der Waals surface area (Å²) in [6.45, 7) is 3.78. The van der Waals surface area contributed by atoms with E-state index in [1.54, 1.807) is 14.2 Å². The Balaban J connectivity index is 3.02. The van der Waals surface area contributed by atoms with Gasteiger partial charge in [-0.2, -0.15) is 12.5 Å². The molecule has 0 aliphatic rings. The minimum atomic E-state index is 0.773. The van der Waals surface area contributed by atoms with Crippen molar-refractivity contribution in [2.75, 3.05) is 14.2 Å². The van der Waals surface area contributed by atoms with Gasteiger partial charge < -0.3 is 9.47 Å². The van der Waals surface area contributed by atoms with Gasteiger partial charge in [0.05, 0.1) is 25.7 Å². The van der Waals surface area contributed by atoms with Gasteiger partial charge >= 0.3 is 0 Å². The van der Waals surface area contributed by atoms with Crippen molar-refractivity contribution >= 4 is 0 Å². The van der Waals surface area contributed by atoms with Crippen LogP contribution in [0, 0.1) is 6.92 Å². The molecule has 0 spiro atoms. The van der Waals surface area contributed by atoms with Crippen molar-refractivity contribution in [2.45, 2.75) is 0 Å². The van der Waals surface area contributed by atoms with Crippen LogP contribution < -0.4 is 9.47 Å². The van der Waals surface area contributed by atoms with Crippen LogP contribution in [0.1, 0.15) is 5.56 Å². The first kappa shape index (κ1) is 7.79. The zero-order chi connectivity index (χ0) is 8.27. The lowest BCUT2D eigenvalue weighted by Crippen LogP contribution is -1.87. The molecule has 1 rings (SSSR count). The highest BCUT2D eigenvalue weighted by Crippen LogP contribution is 2.21. The molecule has 0 unspecified atom stereocenters. The molecule has 1 aromatic carbocycles. The maximum atomic E-state index is 5.02. The summed E-state index contributed by atoms with van der Waals surface area (Å²) in [4.78, 5) is 0. The molecular formula is C9H11O2-. The Morgan fingerprint density at radius 3 is 1.82 bits per heavy atom. The molecule has 0 N–H and O–H groups in total. The van der Waals surface area contributed by atoms with Gasteiger partial charge in [0.15, 0.2) is 0 Å². The van der Waals surface area contributed by atoms with Crippen molar-refractivity contribution in [3.63, 3.8) is 0 Å². The average Bonchev–Trinajstić information content (AvgIpc) is 2.03. The van der Waals surface area contributed by atoms with Crippen molar-refractivity contribution in [3.05, 3.63) is 30.7 Å². The van der Waals surface area contributed by atoms with Crippen LogP contribution in [0.2, 0.25) is 0 Å². The Morgan fingerprint density at radius 1 is 1.00 bits per heavy atom. The molecule has 0 aromatic heterocycles. The van der Waals surface area contributed by atoms with Crippen LogP contribution in [-0.2, 0) is 0 Å². The second kappa shape index (κ2) is 3.19. The van der Waals surface area contributed by atoms with E-state index in [2.05, 4.69) is 6.92 Å². The molecular weight excluding hydrogens is 140 g/mol. The molecule has 0 radical (unpaired) electrons. The maximum absolute atomic E-state index is 5.02. The highest BCUT2D eigenvalue weighted by molar-refractivity contribution is 5.39. The first-order chi connectivity index (χ1) is 5.26. The summed E-state index contributed by atoms with van der Waals surface area (Å²) in [5.74, 6) is 1.55. The lowest BCUT2D eigenvalue weighted by atomic mass is 10.2. The van der Waals surface area contributed by atoms with Gasteiger partial charge in [0.1, 0.15) is 0 Å². The molecule has 1 aromatic rings. The number of ether oxygens (including phenoxy) is 2. The van der Waals surface area contributed by atoms with Crippen LogP contribution in [0.5, 0.6) is 11.5 Å². The van der Waals surface area contributed by atoms with Crippen molar-refractivity contribution in [2.24, 2.45) is 0 Å². The minimum Gasteiger partial charge on any atom is -0.509 e. The van der Waals surface area contributed by atoms with Gasteiger partial charge in [-0.05, 0) is 6.07 Å². The van der Waals surface area contributed by atoms with Crippen LogP contribution in [0.3, 0.4) is 0 Å². The van der Waals surface area contributed by atoms with Gasteiger partial charge in [0, 0.05) is 0 Å². The third-order valence-electron chi connectivity index (χ3n) is 1.41. The molecule has 0 atom stereocenters. The Kier molecular flexibility index (Phi) is 2.26. The Bertz CT molecular complexity index is 221. The molecule has 2 heteroatoms. The predicted octanol–water partition coefficient (Wildman–Crippen LogP) is 1.89. The molecule has 11 heavy (non-hydrogen) atoms. The van der Waals surface area contributed by atoms with Gasteiger partial charge in [0.2, 0.25) is 0 Å². The molecule has 0 bridgehead atoms. The minimum absolute atomic E-state index is 0.773. The van der Waals surface area contributed by atoms with Gasteiger partial charge in [-0.1, -0.05) is 0 Å². The summed E-state index contributed by atoms with van der Waals surface area (Å²) in [6.07, 6.45) is 0. The third kappa shape index (κ3) is 1.80. The number of rotatable bonds is 2. The van der Waals surface area contributed by atoms with Gasteiger partial charge in [0.25, 0.3) is 0 Å². The third-order valence-corrected chi connectivity index (χ3v) is 1.41. The molecule has 0 heterocycles. The van der Waals surface area contributed by atoms with Crippen LogP contribution in [0.15, 0.2) is 18.2 Å². The first-order valence-corrected chi connectivity index (χ1v) is 3.31. The van der Waals surface area contributed by atoms with E-state index < -0.39 is 0 Å². The van der Waals surface area contributed by atoms with E-state index in [9.17, 15) is 0 Å². The number of methoxy groups -OCH3 is 2. The van der Waals surface area contributed by atoms with Gasteiger partial charge in [-0.3, -0.25) is 0 Å². The Hall–Kier alpha value is -1.31. The van der Waals surface area contributed by atoms with E-state index in [1.807, 2.05) is 18.2 Å². The predicted molar refractivity (Wildman–Crippen MR) is 44.0 cm³/mol. The number of benzene rings is 1. The fourth-order valence-corrected chi connectivity index (χ4v) is 0.866. The Labute approximate surface area is 66.8 Å². The standard InChI is InChI=1S/C9H11O2/c1-7-4-8(10-2)6-9(5-7)11-3/h4-6H,1H2,2-3H3/q-1. The fourth-order valence-electron chi connectivity index (χ4n) is 0.866. The molecule has 0 aliphatic heterocycles.